The van der Waals surface area contributed by atoms with E-state index in [4.69, 9.17) is 5.11 Å². The van der Waals surface area contributed by atoms with Gasteiger partial charge in [-0.05, 0) is 24.1 Å². The second-order valence-corrected chi connectivity index (χ2v) is 4.32. The molecular weight excluding hydrogens is 235 g/mol. The number of aliphatic hydroxyl groups excluding tert-OH is 2. The lowest BCUT2D eigenvalue weighted by Gasteiger charge is -2.11. The quantitative estimate of drug-likeness (QED) is 0.730. The average Bonchev–Trinajstić information content (AvgIpc) is 2.31. The van der Waals surface area contributed by atoms with Gasteiger partial charge in [0, 0.05) is 6.42 Å². The Balaban J connectivity index is 2.54. The number of hydrogen-bond donors (Lipinski definition) is 3. The molecule has 3 nitrogen and oxygen atoms in total. The van der Waals surface area contributed by atoms with Gasteiger partial charge in [-0.15, -0.1) is 0 Å². The molecule has 0 spiro atoms. The monoisotopic (exact) mass is 254 g/mol. The lowest BCUT2D eigenvalue weighted by molar-refractivity contribution is 0.0976. The molecule has 0 aromatic heterocycles. The summed E-state index contributed by atoms with van der Waals surface area (Å²) < 4.78 is 13.0. The Labute approximate surface area is 106 Å². The number of phenols is 1. The van der Waals surface area contributed by atoms with Gasteiger partial charge in [0.15, 0.2) is 11.6 Å². The Morgan fingerprint density at radius 3 is 2.67 bits per heavy atom. The zero-order chi connectivity index (χ0) is 13.5. The van der Waals surface area contributed by atoms with Gasteiger partial charge >= 0.3 is 0 Å². The van der Waals surface area contributed by atoms with Crippen LogP contribution in [0.25, 0.3) is 6.08 Å². The van der Waals surface area contributed by atoms with Crippen LogP contribution in [0.5, 0.6) is 5.75 Å². The molecule has 3 N–H and O–H groups in total. The van der Waals surface area contributed by atoms with Crippen molar-refractivity contribution >= 4 is 6.08 Å². The first kappa shape index (κ1) is 14.7. The molecule has 0 aliphatic carbocycles. The molecule has 100 valence electrons. The van der Waals surface area contributed by atoms with Crippen molar-refractivity contribution in [2.45, 2.75) is 38.4 Å². The molecule has 0 bridgehead atoms. The van der Waals surface area contributed by atoms with Crippen LogP contribution in [0.2, 0.25) is 0 Å². The van der Waals surface area contributed by atoms with Crippen molar-refractivity contribution in [1.29, 1.82) is 0 Å². The molecule has 0 amide bonds. The maximum atomic E-state index is 13.0. The third kappa shape index (κ3) is 4.85. The Morgan fingerprint density at radius 1 is 1.33 bits per heavy atom. The summed E-state index contributed by atoms with van der Waals surface area (Å²) in [6.07, 6.45) is 3.57. The van der Waals surface area contributed by atoms with Crippen molar-refractivity contribution < 1.29 is 19.7 Å². The zero-order valence-corrected chi connectivity index (χ0v) is 10.4. The molecule has 4 heteroatoms. The van der Waals surface area contributed by atoms with Gasteiger partial charge in [-0.25, -0.2) is 4.39 Å². The molecular formula is C14H19FO3. The van der Waals surface area contributed by atoms with Gasteiger partial charge in [-0.3, -0.25) is 0 Å². The minimum atomic E-state index is -0.761. The lowest BCUT2D eigenvalue weighted by atomic mass is 10.1. The fraction of sp³-hybridized carbons (Fsp3) is 0.429. The van der Waals surface area contributed by atoms with Crippen molar-refractivity contribution in [2.24, 2.45) is 0 Å². The summed E-state index contributed by atoms with van der Waals surface area (Å²) in [5.74, 6) is -1.09. The molecule has 0 heterocycles. The summed E-state index contributed by atoms with van der Waals surface area (Å²) in [4.78, 5) is 0. The van der Waals surface area contributed by atoms with Gasteiger partial charge in [0.1, 0.15) is 0 Å². The molecule has 1 aromatic rings. The van der Waals surface area contributed by atoms with Gasteiger partial charge in [0.25, 0.3) is 0 Å². The van der Waals surface area contributed by atoms with Gasteiger partial charge in [-0.2, -0.15) is 0 Å². The molecule has 0 aliphatic heterocycles. The van der Waals surface area contributed by atoms with E-state index in [1.54, 1.807) is 12.1 Å². The number of phenolic OH excluding ortho intramolecular Hbond substituents is 1. The minimum Gasteiger partial charge on any atom is -0.505 e. The predicted molar refractivity (Wildman–Crippen MR) is 68.6 cm³/mol. The Hall–Kier alpha value is -1.39. The zero-order valence-electron chi connectivity index (χ0n) is 10.4. The number of benzene rings is 1. The van der Waals surface area contributed by atoms with Crippen molar-refractivity contribution in [3.63, 3.8) is 0 Å². The van der Waals surface area contributed by atoms with E-state index >= 15 is 0 Å². The largest absolute Gasteiger partial charge is 0.505 e. The van der Waals surface area contributed by atoms with Gasteiger partial charge in [0.05, 0.1) is 12.2 Å². The first-order valence-corrected chi connectivity index (χ1v) is 6.05. The van der Waals surface area contributed by atoms with Gasteiger partial charge < -0.3 is 15.3 Å². The molecule has 0 fully saturated rings. The summed E-state index contributed by atoms with van der Waals surface area (Å²) in [6.45, 7) is 1.96. The maximum absolute atomic E-state index is 13.0. The van der Waals surface area contributed by atoms with Crippen molar-refractivity contribution in [1.82, 2.24) is 0 Å². The highest BCUT2D eigenvalue weighted by Gasteiger charge is 2.08. The summed E-state index contributed by atoms with van der Waals surface area (Å²) >= 11 is 0. The van der Waals surface area contributed by atoms with Crippen LogP contribution in [0.15, 0.2) is 24.3 Å². The highest BCUT2D eigenvalue weighted by atomic mass is 19.1. The number of hydrogen-bond acceptors (Lipinski definition) is 3. The van der Waals surface area contributed by atoms with E-state index in [0.29, 0.717) is 12.0 Å². The Morgan fingerprint density at radius 2 is 2.06 bits per heavy atom. The average molecular weight is 254 g/mol. The van der Waals surface area contributed by atoms with Crippen molar-refractivity contribution in [3.8, 4) is 5.75 Å². The van der Waals surface area contributed by atoms with Crippen LogP contribution >= 0.6 is 0 Å². The Kier molecular flexibility index (Phi) is 5.82. The predicted octanol–water partition coefficient (Wildman–Crippen LogP) is 2.46. The molecule has 1 aromatic carbocycles. The van der Waals surface area contributed by atoms with E-state index in [0.717, 1.165) is 6.42 Å². The topological polar surface area (TPSA) is 60.7 Å². The molecule has 2 unspecified atom stereocenters. The van der Waals surface area contributed by atoms with E-state index in [2.05, 4.69) is 0 Å². The van der Waals surface area contributed by atoms with E-state index in [1.165, 1.54) is 18.2 Å². The third-order valence-electron chi connectivity index (χ3n) is 2.62. The SMILES string of the molecule is CCCC(O)CC(O)/C=C/c1ccc(O)c(F)c1. The van der Waals surface area contributed by atoms with Crippen molar-refractivity contribution in [2.75, 3.05) is 0 Å². The smallest absolute Gasteiger partial charge is 0.165 e. The molecule has 2 atom stereocenters. The van der Waals surface area contributed by atoms with Crippen LogP contribution in [-0.4, -0.2) is 27.5 Å². The van der Waals surface area contributed by atoms with Crippen molar-refractivity contribution in [3.05, 3.63) is 35.7 Å². The molecule has 18 heavy (non-hydrogen) atoms. The third-order valence-corrected chi connectivity index (χ3v) is 2.62. The fourth-order valence-electron chi connectivity index (χ4n) is 1.66. The highest BCUT2D eigenvalue weighted by Crippen LogP contribution is 2.17. The molecule has 0 radical (unpaired) electrons. The van der Waals surface area contributed by atoms with Gasteiger partial charge in [-0.1, -0.05) is 31.6 Å². The van der Waals surface area contributed by atoms with E-state index in [-0.39, 0.29) is 6.42 Å². The molecule has 0 saturated carbocycles. The standard InChI is InChI=1S/C14H19FO3/c1-2-3-11(16)9-12(17)6-4-10-5-7-14(18)13(15)8-10/h4-8,11-12,16-18H,2-3,9H2,1H3/b6-4+. The fourth-order valence-corrected chi connectivity index (χ4v) is 1.66. The lowest BCUT2D eigenvalue weighted by Crippen LogP contribution is -2.15. The first-order valence-electron chi connectivity index (χ1n) is 6.05. The number of aliphatic hydroxyl groups is 2. The number of halogens is 1. The van der Waals surface area contributed by atoms with Crippen LogP contribution in [-0.2, 0) is 0 Å². The second kappa shape index (κ2) is 7.13. The number of aromatic hydroxyl groups is 1. The number of rotatable bonds is 6. The van der Waals surface area contributed by atoms with E-state index < -0.39 is 23.8 Å². The summed E-state index contributed by atoms with van der Waals surface area (Å²) in [5, 5.41) is 28.2. The molecule has 1 rings (SSSR count). The normalized spacial score (nSPS) is 14.9. The van der Waals surface area contributed by atoms with Crippen LogP contribution in [0.1, 0.15) is 31.7 Å². The maximum Gasteiger partial charge on any atom is 0.165 e. The highest BCUT2D eigenvalue weighted by molar-refractivity contribution is 5.51. The summed E-state index contributed by atoms with van der Waals surface area (Å²) in [6, 6.07) is 3.98. The first-order chi connectivity index (χ1) is 8.52. The minimum absolute atomic E-state index is 0.269. The van der Waals surface area contributed by atoms with Crippen LogP contribution in [0.3, 0.4) is 0 Å². The molecule has 0 saturated heterocycles. The summed E-state index contributed by atoms with van der Waals surface area (Å²) in [7, 11) is 0. The van der Waals surface area contributed by atoms with Crippen LogP contribution in [0.4, 0.5) is 4.39 Å². The van der Waals surface area contributed by atoms with E-state index in [1.807, 2.05) is 6.92 Å². The van der Waals surface area contributed by atoms with Crippen LogP contribution < -0.4 is 0 Å². The van der Waals surface area contributed by atoms with Crippen LogP contribution in [0, 0.1) is 5.82 Å². The van der Waals surface area contributed by atoms with Gasteiger partial charge in [0.2, 0.25) is 0 Å². The molecule has 0 aliphatic rings. The second-order valence-electron chi connectivity index (χ2n) is 4.32. The Bertz CT molecular complexity index is 404. The summed E-state index contributed by atoms with van der Waals surface area (Å²) in [5.41, 5.74) is 0.550. The van der Waals surface area contributed by atoms with E-state index in [9.17, 15) is 14.6 Å².